The SMILES string of the molecule is Cc1ccc(C)c(S(=O)(=O)N(C)CC(=O)Nc2ccc(Cl)cc2C)c1. The van der Waals surface area contributed by atoms with E-state index in [0.29, 0.717) is 16.3 Å². The van der Waals surface area contributed by atoms with Crippen molar-refractivity contribution in [1.29, 1.82) is 0 Å². The monoisotopic (exact) mass is 380 g/mol. The number of sulfonamides is 1. The van der Waals surface area contributed by atoms with Crippen LogP contribution in [0.4, 0.5) is 5.69 Å². The largest absolute Gasteiger partial charge is 0.325 e. The Morgan fingerprint density at radius 3 is 2.40 bits per heavy atom. The van der Waals surface area contributed by atoms with Crippen molar-refractivity contribution < 1.29 is 13.2 Å². The maximum absolute atomic E-state index is 12.7. The molecular weight excluding hydrogens is 360 g/mol. The van der Waals surface area contributed by atoms with Gasteiger partial charge in [-0.3, -0.25) is 4.79 Å². The second-order valence-electron chi connectivity index (χ2n) is 6.04. The van der Waals surface area contributed by atoms with Gasteiger partial charge in [-0.05, 0) is 61.7 Å². The quantitative estimate of drug-likeness (QED) is 0.862. The molecule has 2 rings (SSSR count). The minimum absolute atomic E-state index is 0.213. The number of amides is 1. The van der Waals surface area contributed by atoms with Crippen LogP contribution < -0.4 is 5.32 Å². The standard InChI is InChI=1S/C18H21ClN2O3S/c1-12-5-6-13(2)17(9-12)25(23,24)21(4)11-18(22)20-16-8-7-15(19)10-14(16)3/h5-10H,11H2,1-4H3,(H,20,22). The summed E-state index contributed by atoms with van der Waals surface area (Å²) in [6, 6.07) is 10.3. The lowest BCUT2D eigenvalue weighted by molar-refractivity contribution is -0.116. The number of halogens is 1. The molecule has 0 spiro atoms. The van der Waals surface area contributed by atoms with Gasteiger partial charge in [-0.1, -0.05) is 23.7 Å². The number of carbonyl (C=O) groups excluding carboxylic acids is 1. The molecule has 0 aliphatic rings. The van der Waals surface area contributed by atoms with Gasteiger partial charge in [-0.15, -0.1) is 0 Å². The zero-order valence-corrected chi connectivity index (χ0v) is 16.2. The van der Waals surface area contributed by atoms with E-state index in [1.807, 2.05) is 19.9 Å². The highest BCUT2D eigenvalue weighted by Crippen LogP contribution is 2.21. The van der Waals surface area contributed by atoms with Gasteiger partial charge in [0.1, 0.15) is 0 Å². The number of anilines is 1. The lowest BCUT2D eigenvalue weighted by Crippen LogP contribution is -2.35. The van der Waals surface area contributed by atoms with Gasteiger partial charge in [0.2, 0.25) is 15.9 Å². The summed E-state index contributed by atoms with van der Waals surface area (Å²) in [7, 11) is -2.35. The van der Waals surface area contributed by atoms with E-state index in [9.17, 15) is 13.2 Å². The first-order valence-corrected chi connectivity index (χ1v) is 9.52. The van der Waals surface area contributed by atoms with Crippen molar-refractivity contribution >= 4 is 33.2 Å². The highest BCUT2D eigenvalue weighted by Gasteiger charge is 2.25. The van der Waals surface area contributed by atoms with Crippen LogP contribution >= 0.6 is 11.6 Å². The van der Waals surface area contributed by atoms with Crippen molar-refractivity contribution in [3.05, 3.63) is 58.1 Å². The molecule has 0 heterocycles. The van der Waals surface area contributed by atoms with Gasteiger partial charge in [-0.2, -0.15) is 4.31 Å². The van der Waals surface area contributed by atoms with E-state index >= 15 is 0 Å². The fraction of sp³-hybridized carbons (Fsp3) is 0.278. The van der Waals surface area contributed by atoms with Crippen molar-refractivity contribution in [3.8, 4) is 0 Å². The van der Waals surface area contributed by atoms with Crippen molar-refractivity contribution in [1.82, 2.24) is 4.31 Å². The van der Waals surface area contributed by atoms with Gasteiger partial charge in [0, 0.05) is 17.8 Å². The molecule has 1 amide bonds. The van der Waals surface area contributed by atoms with Gasteiger partial charge in [0.25, 0.3) is 0 Å². The van der Waals surface area contributed by atoms with E-state index < -0.39 is 15.9 Å². The number of hydrogen-bond donors (Lipinski definition) is 1. The van der Waals surface area contributed by atoms with E-state index in [2.05, 4.69) is 5.32 Å². The van der Waals surface area contributed by atoms with E-state index in [1.165, 1.54) is 7.05 Å². The molecule has 0 aliphatic carbocycles. The summed E-state index contributed by atoms with van der Waals surface area (Å²) in [5, 5.41) is 3.29. The minimum atomic E-state index is -3.74. The van der Waals surface area contributed by atoms with Gasteiger partial charge in [0.05, 0.1) is 11.4 Å². The van der Waals surface area contributed by atoms with Crippen LogP contribution in [0.3, 0.4) is 0 Å². The number of benzene rings is 2. The predicted octanol–water partition coefficient (Wildman–Crippen LogP) is 3.52. The number of likely N-dealkylation sites (N-methyl/N-ethyl adjacent to an activating group) is 1. The molecule has 7 heteroatoms. The summed E-state index contributed by atoms with van der Waals surface area (Å²) in [6.07, 6.45) is 0. The number of nitrogens with zero attached hydrogens (tertiary/aromatic N) is 1. The molecule has 5 nitrogen and oxygen atoms in total. The van der Waals surface area contributed by atoms with E-state index in [1.54, 1.807) is 37.3 Å². The lowest BCUT2D eigenvalue weighted by Gasteiger charge is -2.19. The zero-order chi connectivity index (χ0) is 18.8. The topological polar surface area (TPSA) is 66.5 Å². The number of rotatable bonds is 5. The predicted molar refractivity (Wildman–Crippen MR) is 101 cm³/mol. The summed E-state index contributed by atoms with van der Waals surface area (Å²) >= 11 is 5.89. The first-order valence-electron chi connectivity index (χ1n) is 7.71. The highest BCUT2D eigenvalue weighted by molar-refractivity contribution is 7.89. The third kappa shape index (κ3) is 4.60. The van der Waals surface area contributed by atoms with Crippen LogP contribution in [0, 0.1) is 20.8 Å². The summed E-state index contributed by atoms with van der Waals surface area (Å²) in [5.41, 5.74) is 2.90. The first-order chi connectivity index (χ1) is 11.6. The molecule has 0 radical (unpaired) electrons. The molecule has 0 atom stereocenters. The maximum Gasteiger partial charge on any atom is 0.243 e. The third-order valence-corrected chi connectivity index (χ3v) is 6.04. The summed E-state index contributed by atoms with van der Waals surface area (Å²) in [4.78, 5) is 12.5. The van der Waals surface area contributed by atoms with E-state index in [0.717, 1.165) is 15.4 Å². The Hall–Kier alpha value is -1.89. The van der Waals surface area contributed by atoms with Crippen molar-refractivity contribution in [2.75, 3.05) is 18.9 Å². The molecule has 2 aromatic rings. The molecule has 134 valence electrons. The van der Waals surface area contributed by atoms with Gasteiger partial charge < -0.3 is 5.32 Å². The maximum atomic E-state index is 12.7. The fourth-order valence-electron chi connectivity index (χ4n) is 2.40. The molecule has 0 fully saturated rings. The van der Waals surface area contributed by atoms with Crippen molar-refractivity contribution in [2.24, 2.45) is 0 Å². The minimum Gasteiger partial charge on any atom is -0.325 e. The Kier molecular flexibility index (Phi) is 5.87. The Bertz CT molecular complexity index is 911. The summed E-state index contributed by atoms with van der Waals surface area (Å²) in [5.74, 6) is -0.415. The zero-order valence-electron chi connectivity index (χ0n) is 14.6. The molecule has 0 bridgehead atoms. The van der Waals surface area contributed by atoms with Crippen LogP contribution in [-0.2, 0) is 14.8 Å². The average Bonchev–Trinajstić information content (AvgIpc) is 2.52. The van der Waals surface area contributed by atoms with Crippen LogP contribution in [-0.4, -0.2) is 32.2 Å². The molecule has 0 unspecified atom stereocenters. The molecular formula is C18H21ClN2O3S. The number of carbonyl (C=O) groups is 1. The van der Waals surface area contributed by atoms with Gasteiger partial charge in [0.15, 0.2) is 0 Å². The van der Waals surface area contributed by atoms with Crippen LogP contribution in [0.25, 0.3) is 0 Å². The molecule has 0 aliphatic heterocycles. The fourth-order valence-corrected chi connectivity index (χ4v) is 4.06. The second-order valence-corrected chi connectivity index (χ2v) is 8.49. The number of hydrogen-bond acceptors (Lipinski definition) is 3. The molecule has 0 saturated heterocycles. The first kappa shape index (κ1) is 19.4. The molecule has 0 saturated carbocycles. The van der Waals surface area contributed by atoms with Crippen LogP contribution in [0.15, 0.2) is 41.3 Å². The number of nitrogens with one attached hydrogen (secondary N) is 1. The van der Waals surface area contributed by atoms with E-state index in [-0.39, 0.29) is 11.4 Å². The Morgan fingerprint density at radius 1 is 1.08 bits per heavy atom. The third-order valence-electron chi connectivity index (χ3n) is 3.86. The molecule has 0 aromatic heterocycles. The summed E-state index contributed by atoms with van der Waals surface area (Å²) in [6.45, 7) is 5.10. The Balaban J connectivity index is 2.16. The smallest absolute Gasteiger partial charge is 0.243 e. The van der Waals surface area contributed by atoms with Gasteiger partial charge in [-0.25, -0.2) is 8.42 Å². The second kappa shape index (κ2) is 7.56. The molecule has 1 N–H and O–H groups in total. The normalized spacial score (nSPS) is 11.6. The van der Waals surface area contributed by atoms with Crippen molar-refractivity contribution in [3.63, 3.8) is 0 Å². The van der Waals surface area contributed by atoms with Gasteiger partial charge >= 0.3 is 0 Å². The van der Waals surface area contributed by atoms with Crippen LogP contribution in [0.1, 0.15) is 16.7 Å². The Morgan fingerprint density at radius 2 is 1.76 bits per heavy atom. The van der Waals surface area contributed by atoms with Crippen LogP contribution in [0.5, 0.6) is 0 Å². The number of aryl methyl sites for hydroxylation is 3. The van der Waals surface area contributed by atoms with Crippen LogP contribution in [0.2, 0.25) is 5.02 Å². The highest BCUT2D eigenvalue weighted by atomic mass is 35.5. The lowest BCUT2D eigenvalue weighted by atomic mass is 10.2. The van der Waals surface area contributed by atoms with Crippen molar-refractivity contribution in [2.45, 2.75) is 25.7 Å². The van der Waals surface area contributed by atoms with E-state index in [4.69, 9.17) is 11.6 Å². The molecule has 25 heavy (non-hydrogen) atoms. The molecule has 2 aromatic carbocycles. The average molecular weight is 381 g/mol. The summed E-state index contributed by atoms with van der Waals surface area (Å²) < 4.78 is 26.5. The Labute approximate surface area is 153 Å².